The number of carbonyl (C=O) groups excluding carboxylic acids is 3. The summed E-state index contributed by atoms with van der Waals surface area (Å²) in [5, 5.41) is 5.68. The number of benzene rings is 1. The Morgan fingerprint density at radius 3 is 2.66 bits per heavy atom. The number of amides is 2. The van der Waals surface area contributed by atoms with Crippen molar-refractivity contribution >= 4 is 29.5 Å². The van der Waals surface area contributed by atoms with Gasteiger partial charge < -0.3 is 20.1 Å². The molecule has 7 rings (SSSR count). The van der Waals surface area contributed by atoms with Crippen molar-refractivity contribution in [1.82, 2.24) is 20.2 Å². The number of halogens is 3. The number of hydrogen-bond donors (Lipinski definition) is 2. The number of anilines is 1. The Bertz CT molecular complexity index is 1820. The van der Waals surface area contributed by atoms with Gasteiger partial charge in [0.15, 0.2) is 11.6 Å². The molecule has 4 unspecified atom stereocenters. The van der Waals surface area contributed by atoms with Gasteiger partial charge >= 0.3 is 0 Å². The number of carbonyl (C=O) groups is 3. The number of piperidine rings is 1. The number of hydrogen-bond acceptors (Lipinski definition) is 8. The molecular weight excluding hydrogens is 615 g/mol. The van der Waals surface area contributed by atoms with E-state index < -0.39 is 58.5 Å². The lowest BCUT2D eigenvalue weighted by atomic mass is 9.78. The summed E-state index contributed by atoms with van der Waals surface area (Å²) in [6, 6.07) is 4.00. The Labute approximate surface area is 268 Å². The summed E-state index contributed by atoms with van der Waals surface area (Å²) in [5.41, 5.74) is -0.0856. The van der Waals surface area contributed by atoms with Gasteiger partial charge in [0, 0.05) is 61.0 Å². The lowest BCUT2D eigenvalue weighted by Gasteiger charge is -2.43. The van der Waals surface area contributed by atoms with Gasteiger partial charge in [0.05, 0.1) is 32.0 Å². The first-order chi connectivity index (χ1) is 22.7. The molecule has 0 saturated carbocycles. The topological polar surface area (TPSA) is 123 Å². The molecule has 1 aromatic carbocycles. The van der Waals surface area contributed by atoms with Crippen LogP contribution in [0.5, 0.6) is 0 Å². The van der Waals surface area contributed by atoms with Gasteiger partial charge in [-0.15, -0.1) is 0 Å². The second-order valence-electron chi connectivity index (χ2n) is 12.4. The predicted molar refractivity (Wildman–Crippen MR) is 163 cm³/mol. The zero-order valence-electron chi connectivity index (χ0n) is 25.5. The molecule has 244 valence electrons. The zero-order valence-corrected chi connectivity index (χ0v) is 25.5. The summed E-state index contributed by atoms with van der Waals surface area (Å²) >= 11 is 0. The Morgan fingerprint density at radius 1 is 1.00 bits per heavy atom. The average molecular weight is 648 g/mol. The highest BCUT2D eigenvalue weighted by Crippen LogP contribution is 2.46. The number of Topliss-reactive ketones (excluding diaryl/α,β-unsaturated/α-hetero) is 1. The number of nitrogens with zero attached hydrogens (tertiary/aromatic N) is 3. The molecule has 2 N–H and O–H groups in total. The van der Waals surface area contributed by atoms with Crippen LogP contribution in [0.2, 0.25) is 0 Å². The first-order valence-electron chi connectivity index (χ1n) is 15.5. The minimum Gasteiger partial charge on any atom is -0.378 e. The summed E-state index contributed by atoms with van der Waals surface area (Å²) < 4.78 is 55.7. The van der Waals surface area contributed by atoms with Crippen molar-refractivity contribution in [2.24, 2.45) is 0 Å². The summed E-state index contributed by atoms with van der Waals surface area (Å²) in [5.74, 6) is -5.22. The van der Waals surface area contributed by atoms with Crippen molar-refractivity contribution in [3.63, 3.8) is 0 Å². The molecule has 1 fully saturated rings. The molecule has 47 heavy (non-hydrogen) atoms. The zero-order chi connectivity index (χ0) is 32.9. The molecule has 7 bridgehead atoms. The Balaban J connectivity index is 1.22. The number of aromatic nitrogens is 2. The Hall–Kier alpha value is -4.46. The smallest absolute Gasteiger partial charge is 0.253 e. The van der Waals surface area contributed by atoms with Crippen LogP contribution in [-0.4, -0.2) is 84.1 Å². The van der Waals surface area contributed by atoms with Gasteiger partial charge in [0.1, 0.15) is 22.7 Å². The van der Waals surface area contributed by atoms with Crippen LogP contribution in [-0.2, 0) is 26.1 Å². The summed E-state index contributed by atoms with van der Waals surface area (Å²) in [6.45, 7) is 3.75. The molecule has 2 amide bonds. The molecule has 5 heterocycles. The van der Waals surface area contributed by atoms with E-state index in [0.717, 1.165) is 12.1 Å². The third kappa shape index (κ3) is 5.41. The minimum absolute atomic E-state index is 0.000991. The van der Waals surface area contributed by atoms with Crippen molar-refractivity contribution in [3.05, 3.63) is 93.7 Å². The summed E-state index contributed by atoms with van der Waals surface area (Å²) in [7, 11) is 0. The predicted octanol–water partition coefficient (Wildman–Crippen LogP) is 3.56. The fourth-order valence-corrected chi connectivity index (χ4v) is 7.21. The van der Waals surface area contributed by atoms with Crippen LogP contribution in [0.15, 0.2) is 42.7 Å². The Morgan fingerprint density at radius 2 is 1.81 bits per heavy atom. The van der Waals surface area contributed by atoms with E-state index in [9.17, 15) is 18.8 Å². The summed E-state index contributed by atoms with van der Waals surface area (Å²) in [4.78, 5) is 51.4. The van der Waals surface area contributed by atoms with E-state index in [2.05, 4.69) is 20.6 Å². The number of ether oxygens (including phenoxy) is 2. The molecular formula is C34H32F3N5O5. The molecule has 4 aliphatic rings. The van der Waals surface area contributed by atoms with Crippen molar-refractivity contribution < 1.29 is 37.0 Å². The normalized spacial score (nSPS) is 28.3. The maximum absolute atomic E-state index is 15.0. The van der Waals surface area contributed by atoms with E-state index in [4.69, 9.17) is 9.47 Å². The molecule has 1 aliphatic carbocycles. The van der Waals surface area contributed by atoms with Crippen LogP contribution in [0.3, 0.4) is 0 Å². The SMILES string of the molecule is CC1C(c2c(F)ccc(F)c2F)CC2CN1CCOCCOC/C=C\c1cnc3c(c1)[C@]1(Cc4cc(cnc4C1=O)C(=O)N2)C(=O)N3. The number of nitrogens with one attached hydrogen (secondary N) is 2. The van der Waals surface area contributed by atoms with Gasteiger partial charge in [-0.2, -0.15) is 0 Å². The lowest BCUT2D eigenvalue weighted by molar-refractivity contribution is -0.119. The fourth-order valence-electron chi connectivity index (χ4n) is 7.21. The lowest BCUT2D eigenvalue weighted by Crippen LogP contribution is -2.55. The van der Waals surface area contributed by atoms with Gasteiger partial charge in [-0.25, -0.2) is 18.2 Å². The van der Waals surface area contributed by atoms with E-state index in [1.54, 1.807) is 30.5 Å². The van der Waals surface area contributed by atoms with Crippen molar-refractivity contribution in [3.8, 4) is 0 Å². The number of fused-ring (bicyclic) bond motifs is 4. The molecule has 10 nitrogen and oxygen atoms in total. The molecule has 0 radical (unpaired) electrons. The third-order valence-corrected chi connectivity index (χ3v) is 9.63. The molecule has 3 aromatic rings. The van der Waals surface area contributed by atoms with Crippen molar-refractivity contribution in [1.29, 1.82) is 0 Å². The first-order valence-corrected chi connectivity index (χ1v) is 15.5. The first kappa shape index (κ1) is 31.2. The van der Waals surface area contributed by atoms with Crippen LogP contribution < -0.4 is 10.6 Å². The van der Waals surface area contributed by atoms with Crippen LogP contribution in [0.1, 0.15) is 62.4 Å². The highest BCUT2D eigenvalue weighted by Gasteiger charge is 2.58. The molecule has 3 aliphatic heterocycles. The van der Waals surface area contributed by atoms with Crippen LogP contribution >= 0.6 is 0 Å². The standard InChI is InChI=1S/C34H32F3N5O5/c1-18-23(27-25(35)4-5-26(36)28(27)37)13-22-17-42(18)6-8-47-10-9-46-7-2-3-19-11-24-31(39-15-19)41-33(45)34(24)14-20-12-21(32(44)40-22)16-38-29(20)30(34)43/h2-5,11-12,15-16,18,22-23H,6-10,13-14,17H2,1H3,(H,40,44)(H,39,41,45)/b3-2-/t18?,22?,23?,34-/m0/s1. The second-order valence-corrected chi connectivity index (χ2v) is 12.4. The van der Waals surface area contributed by atoms with Crippen LogP contribution in [0.25, 0.3) is 6.08 Å². The monoisotopic (exact) mass is 647 g/mol. The van der Waals surface area contributed by atoms with E-state index in [1.165, 1.54) is 6.20 Å². The number of pyridine rings is 2. The second kappa shape index (κ2) is 12.3. The fraction of sp³-hybridized carbons (Fsp3) is 0.382. The maximum Gasteiger partial charge on any atom is 0.253 e. The minimum atomic E-state index is -1.56. The Kier molecular flexibility index (Phi) is 8.14. The highest BCUT2D eigenvalue weighted by atomic mass is 19.2. The number of ketones is 1. The van der Waals surface area contributed by atoms with Gasteiger partial charge in [-0.3, -0.25) is 24.3 Å². The van der Waals surface area contributed by atoms with Crippen molar-refractivity contribution in [2.45, 2.75) is 43.2 Å². The largest absolute Gasteiger partial charge is 0.378 e. The average Bonchev–Trinajstić information content (AvgIpc) is 3.51. The van der Waals surface area contributed by atoms with Gasteiger partial charge in [-0.05, 0) is 48.7 Å². The van der Waals surface area contributed by atoms with Crippen molar-refractivity contribution in [2.75, 3.05) is 44.8 Å². The highest BCUT2D eigenvalue weighted by molar-refractivity contribution is 6.27. The van der Waals surface area contributed by atoms with Gasteiger partial charge in [0.2, 0.25) is 11.7 Å². The summed E-state index contributed by atoms with van der Waals surface area (Å²) in [6.07, 6.45) is 6.61. The van der Waals surface area contributed by atoms with E-state index in [1.807, 2.05) is 11.8 Å². The molecule has 1 saturated heterocycles. The number of rotatable bonds is 1. The maximum atomic E-state index is 15.0. The molecule has 1 spiro atoms. The van der Waals surface area contributed by atoms with Gasteiger partial charge in [-0.1, -0.05) is 12.2 Å². The molecule has 5 atom stereocenters. The van der Waals surface area contributed by atoms with E-state index >= 15 is 8.78 Å². The molecule has 2 aromatic heterocycles. The molecule has 13 heteroatoms. The van der Waals surface area contributed by atoms with E-state index in [0.29, 0.717) is 55.4 Å². The quantitative estimate of drug-likeness (QED) is 0.304. The third-order valence-electron chi connectivity index (χ3n) is 9.63. The van der Waals surface area contributed by atoms with Crippen LogP contribution in [0.4, 0.5) is 19.0 Å². The van der Waals surface area contributed by atoms with Gasteiger partial charge in [0.25, 0.3) is 5.91 Å². The van der Waals surface area contributed by atoms with Crippen LogP contribution in [0, 0.1) is 17.5 Å². The van der Waals surface area contributed by atoms with E-state index in [-0.39, 0.29) is 36.3 Å².